The maximum Gasteiger partial charge on any atom is 0.00535 e. The summed E-state index contributed by atoms with van der Waals surface area (Å²) >= 11 is 0. The summed E-state index contributed by atoms with van der Waals surface area (Å²) in [5.41, 5.74) is 12.5. The second kappa shape index (κ2) is 20.2. The molecule has 0 spiro atoms. The van der Waals surface area contributed by atoms with Gasteiger partial charge in [-0.25, -0.2) is 0 Å². The number of rotatable bonds is 20. The van der Waals surface area contributed by atoms with Crippen LogP contribution >= 0.6 is 0 Å². The fraction of sp³-hybridized carbons (Fsp3) is 1.00. The van der Waals surface area contributed by atoms with Gasteiger partial charge >= 0.3 is 0 Å². The fourth-order valence-corrected chi connectivity index (χ4v) is 3.71. The van der Waals surface area contributed by atoms with Crippen LogP contribution in [0, 0.1) is 0 Å². The standard InChI is InChI=1S/C23H50N2/c1-3-5-7-9-11-13-15-17-19-22(24)21-23(25)20-18-16-14-12-10-8-6-4-2/h22-23H,3-21,24-25H2,1-2H3. The SMILES string of the molecule is CCCCCCCCCCC(N)CC(N)CCCCCCCCCC. The minimum absolute atomic E-state index is 0.323. The van der Waals surface area contributed by atoms with E-state index in [0.717, 1.165) is 6.42 Å². The molecule has 0 heterocycles. The van der Waals surface area contributed by atoms with Crippen molar-refractivity contribution in [3.63, 3.8) is 0 Å². The molecule has 0 rings (SSSR count). The summed E-state index contributed by atoms with van der Waals surface area (Å²) in [7, 11) is 0. The van der Waals surface area contributed by atoms with Crippen molar-refractivity contribution in [2.75, 3.05) is 0 Å². The Balaban J connectivity index is 3.31. The van der Waals surface area contributed by atoms with Gasteiger partial charge in [-0.15, -0.1) is 0 Å². The van der Waals surface area contributed by atoms with E-state index in [1.54, 1.807) is 0 Å². The van der Waals surface area contributed by atoms with Gasteiger partial charge in [0.25, 0.3) is 0 Å². The Bertz CT molecular complexity index is 218. The molecule has 0 aromatic heterocycles. The molecule has 0 aliphatic rings. The molecule has 2 nitrogen and oxygen atoms in total. The zero-order valence-corrected chi connectivity index (χ0v) is 17.7. The van der Waals surface area contributed by atoms with Gasteiger partial charge in [-0.3, -0.25) is 0 Å². The largest absolute Gasteiger partial charge is 0.328 e. The van der Waals surface area contributed by atoms with E-state index in [0.29, 0.717) is 12.1 Å². The minimum Gasteiger partial charge on any atom is -0.328 e. The van der Waals surface area contributed by atoms with Crippen molar-refractivity contribution in [1.29, 1.82) is 0 Å². The second-order valence-electron chi connectivity index (χ2n) is 8.28. The van der Waals surface area contributed by atoms with Crippen LogP contribution in [-0.2, 0) is 0 Å². The summed E-state index contributed by atoms with van der Waals surface area (Å²) in [5, 5.41) is 0. The van der Waals surface area contributed by atoms with Crippen LogP contribution in [0.3, 0.4) is 0 Å². The Morgan fingerprint density at radius 3 is 1.04 bits per heavy atom. The fourth-order valence-electron chi connectivity index (χ4n) is 3.71. The van der Waals surface area contributed by atoms with Crippen LogP contribution in [0.1, 0.15) is 136 Å². The second-order valence-corrected chi connectivity index (χ2v) is 8.28. The average Bonchev–Trinajstić information content (AvgIpc) is 2.59. The lowest BCUT2D eigenvalue weighted by Gasteiger charge is -2.17. The van der Waals surface area contributed by atoms with Gasteiger partial charge in [0.2, 0.25) is 0 Å². The molecule has 2 unspecified atom stereocenters. The molecule has 0 aliphatic carbocycles. The lowest BCUT2D eigenvalue weighted by Crippen LogP contribution is -2.31. The van der Waals surface area contributed by atoms with Crippen LogP contribution in [0.15, 0.2) is 0 Å². The molecule has 152 valence electrons. The Kier molecular flexibility index (Phi) is 20.2. The van der Waals surface area contributed by atoms with Gasteiger partial charge in [-0.1, -0.05) is 117 Å². The first-order valence-electron chi connectivity index (χ1n) is 11.7. The van der Waals surface area contributed by atoms with Crippen molar-refractivity contribution in [3.8, 4) is 0 Å². The van der Waals surface area contributed by atoms with Crippen LogP contribution in [0.25, 0.3) is 0 Å². The van der Waals surface area contributed by atoms with Crippen molar-refractivity contribution in [3.05, 3.63) is 0 Å². The zero-order chi connectivity index (χ0) is 18.6. The van der Waals surface area contributed by atoms with E-state index in [1.165, 1.54) is 116 Å². The molecule has 2 heteroatoms. The lowest BCUT2D eigenvalue weighted by molar-refractivity contribution is 0.440. The van der Waals surface area contributed by atoms with Crippen LogP contribution in [0.5, 0.6) is 0 Å². The summed E-state index contributed by atoms with van der Waals surface area (Å²) in [5.74, 6) is 0. The topological polar surface area (TPSA) is 52.0 Å². The Labute approximate surface area is 159 Å². The lowest BCUT2D eigenvalue weighted by atomic mass is 9.97. The highest BCUT2D eigenvalue weighted by Gasteiger charge is 2.09. The van der Waals surface area contributed by atoms with Gasteiger partial charge in [0.1, 0.15) is 0 Å². The maximum atomic E-state index is 6.27. The van der Waals surface area contributed by atoms with Gasteiger partial charge < -0.3 is 11.5 Å². The Morgan fingerprint density at radius 1 is 0.440 bits per heavy atom. The highest BCUT2D eigenvalue weighted by atomic mass is 14.7. The van der Waals surface area contributed by atoms with E-state index in [2.05, 4.69) is 13.8 Å². The van der Waals surface area contributed by atoms with Crippen molar-refractivity contribution in [1.82, 2.24) is 0 Å². The highest BCUT2D eigenvalue weighted by Crippen LogP contribution is 2.14. The van der Waals surface area contributed by atoms with Crippen LogP contribution in [0.2, 0.25) is 0 Å². The average molecular weight is 355 g/mol. The first kappa shape index (κ1) is 24.9. The summed E-state index contributed by atoms with van der Waals surface area (Å²) in [4.78, 5) is 0. The van der Waals surface area contributed by atoms with Crippen molar-refractivity contribution in [2.24, 2.45) is 11.5 Å². The number of unbranched alkanes of at least 4 members (excludes halogenated alkanes) is 14. The molecule has 0 aromatic rings. The van der Waals surface area contributed by atoms with E-state index in [-0.39, 0.29) is 0 Å². The molecule has 0 fully saturated rings. The van der Waals surface area contributed by atoms with E-state index in [9.17, 15) is 0 Å². The molecule has 0 aliphatic heterocycles. The summed E-state index contributed by atoms with van der Waals surface area (Å²) in [6.07, 6.45) is 25.4. The molecule has 2 atom stereocenters. The number of hydrogen-bond donors (Lipinski definition) is 2. The van der Waals surface area contributed by atoms with E-state index in [1.807, 2.05) is 0 Å². The Morgan fingerprint density at radius 2 is 0.720 bits per heavy atom. The van der Waals surface area contributed by atoms with Crippen LogP contribution in [0.4, 0.5) is 0 Å². The summed E-state index contributed by atoms with van der Waals surface area (Å²) in [6.45, 7) is 4.56. The molecule has 0 bridgehead atoms. The van der Waals surface area contributed by atoms with Crippen molar-refractivity contribution < 1.29 is 0 Å². The first-order valence-corrected chi connectivity index (χ1v) is 11.7. The molecular formula is C23H50N2. The molecule has 0 radical (unpaired) electrons. The van der Waals surface area contributed by atoms with Gasteiger partial charge in [0.05, 0.1) is 0 Å². The first-order chi connectivity index (χ1) is 12.2. The molecule has 0 saturated heterocycles. The monoisotopic (exact) mass is 354 g/mol. The maximum absolute atomic E-state index is 6.27. The molecule has 4 N–H and O–H groups in total. The molecular weight excluding hydrogens is 304 g/mol. The molecule has 0 aromatic carbocycles. The summed E-state index contributed by atoms with van der Waals surface area (Å²) < 4.78 is 0. The van der Waals surface area contributed by atoms with Crippen molar-refractivity contribution >= 4 is 0 Å². The third-order valence-electron chi connectivity index (χ3n) is 5.46. The molecule has 0 saturated carbocycles. The third kappa shape index (κ3) is 20.1. The predicted octanol–water partition coefficient (Wildman–Crippen LogP) is 7.09. The van der Waals surface area contributed by atoms with Crippen LogP contribution in [-0.4, -0.2) is 12.1 Å². The van der Waals surface area contributed by atoms with Gasteiger partial charge in [-0.05, 0) is 19.3 Å². The van der Waals surface area contributed by atoms with E-state index in [4.69, 9.17) is 11.5 Å². The van der Waals surface area contributed by atoms with Gasteiger partial charge in [0, 0.05) is 12.1 Å². The summed E-state index contributed by atoms with van der Waals surface area (Å²) in [6, 6.07) is 0.647. The molecule has 0 amide bonds. The zero-order valence-electron chi connectivity index (χ0n) is 17.7. The third-order valence-corrected chi connectivity index (χ3v) is 5.46. The van der Waals surface area contributed by atoms with E-state index >= 15 is 0 Å². The van der Waals surface area contributed by atoms with E-state index < -0.39 is 0 Å². The smallest absolute Gasteiger partial charge is 0.00535 e. The van der Waals surface area contributed by atoms with Gasteiger partial charge in [-0.2, -0.15) is 0 Å². The highest BCUT2D eigenvalue weighted by molar-refractivity contribution is 4.71. The molecule has 25 heavy (non-hydrogen) atoms. The van der Waals surface area contributed by atoms with Gasteiger partial charge in [0.15, 0.2) is 0 Å². The van der Waals surface area contributed by atoms with Crippen molar-refractivity contribution in [2.45, 2.75) is 148 Å². The minimum atomic E-state index is 0.323. The quantitative estimate of drug-likeness (QED) is 0.229. The number of hydrogen-bond acceptors (Lipinski definition) is 2. The predicted molar refractivity (Wildman–Crippen MR) is 115 cm³/mol. The Hall–Kier alpha value is -0.0800. The van der Waals surface area contributed by atoms with Crippen LogP contribution < -0.4 is 11.5 Å². The normalized spacial score (nSPS) is 13.9. The number of nitrogens with two attached hydrogens (primary N) is 2.